The number of nitrogens with zero attached hydrogens (tertiary/aromatic N) is 1. The maximum Gasteiger partial charge on any atom is 0.408 e. The molecule has 1 unspecified atom stereocenters. The van der Waals surface area contributed by atoms with Crippen molar-refractivity contribution in [3.05, 3.63) is 23.4 Å². The number of alkyl carbamates (subject to hydrolysis) is 1. The molecule has 1 aromatic heterocycles. The van der Waals surface area contributed by atoms with E-state index in [2.05, 4.69) is 28.1 Å². The average Bonchev–Trinajstić information content (AvgIpc) is 3.26. The Balaban J connectivity index is 1.10. The Morgan fingerprint density at radius 2 is 2.12 bits per heavy atom. The number of pyridine rings is 1. The Labute approximate surface area is 188 Å². The van der Waals surface area contributed by atoms with E-state index in [0.717, 1.165) is 63.1 Å². The molecule has 1 saturated heterocycles. The Hall–Kier alpha value is -2.39. The Morgan fingerprint density at radius 3 is 2.91 bits per heavy atom. The van der Waals surface area contributed by atoms with E-state index in [1.807, 2.05) is 0 Å². The maximum absolute atomic E-state index is 11.9. The first-order valence-electron chi connectivity index (χ1n) is 11.8. The van der Waals surface area contributed by atoms with Crippen molar-refractivity contribution in [3.63, 3.8) is 0 Å². The summed E-state index contributed by atoms with van der Waals surface area (Å²) in [6.45, 7) is 2.72. The van der Waals surface area contributed by atoms with Gasteiger partial charge in [-0.1, -0.05) is 6.07 Å². The number of aliphatic carboxylic acids is 1. The molecular weight excluding hydrogens is 412 g/mol. The van der Waals surface area contributed by atoms with Crippen LogP contribution in [0.1, 0.15) is 49.8 Å². The number of amides is 1. The second-order valence-electron chi connectivity index (χ2n) is 9.05. The zero-order valence-corrected chi connectivity index (χ0v) is 18.5. The van der Waals surface area contributed by atoms with Crippen molar-refractivity contribution >= 4 is 17.9 Å². The number of aromatic nitrogens is 1. The van der Waals surface area contributed by atoms with Crippen LogP contribution in [-0.2, 0) is 27.1 Å². The lowest BCUT2D eigenvalue weighted by Gasteiger charge is -2.35. The molecule has 2 atom stereocenters. The van der Waals surface area contributed by atoms with Crippen LogP contribution in [0.15, 0.2) is 12.1 Å². The summed E-state index contributed by atoms with van der Waals surface area (Å²) in [5.41, 5.74) is 2.45. The molecular formula is C23H34N4O5. The van der Waals surface area contributed by atoms with Crippen LogP contribution in [0, 0.1) is 5.92 Å². The topological polar surface area (TPSA) is 122 Å². The van der Waals surface area contributed by atoms with E-state index in [9.17, 15) is 14.7 Å². The highest BCUT2D eigenvalue weighted by Crippen LogP contribution is 2.34. The predicted octanol–water partition coefficient (Wildman–Crippen LogP) is 2.10. The fraction of sp³-hybridized carbons (Fsp3) is 0.696. The molecule has 3 heterocycles. The molecule has 0 aromatic carbocycles. The van der Waals surface area contributed by atoms with Crippen molar-refractivity contribution in [1.29, 1.82) is 0 Å². The van der Waals surface area contributed by atoms with Gasteiger partial charge in [-0.2, -0.15) is 0 Å². The molecule has 1 aromatic rings. The number of anilines is 1. The zero-order valence-electron chi connectivity index (χ0n) is 18.5. The summed E-state index contributed by atoms with van der Waals surface area (Å²) in [5, 5.41) is 18.3. The van der Waals surface area contributed by atoms with Crippen LogP contribution in [0.4, 0.5) is 10.6 Å². The summed E-state index contributed by atoms with van der Waals surface area (Å²) >= 11 is 0. The van der Waals surface area contributed by atoms with Crippen molar-refractivity contribution < 1.29 is 24.2 Å². The van der Waals surface area contributed by atoms with Gasteiger partial charge in [0.05, 0.1) is 6.10 Å². The second kappa shape index (κ2) is 11.0. The summed E-state index contributed by atoms with van der Waals surface area (Å²) in [4.78, 5) is 28.1. The molecule has 9 heteroatoms. The van der Waals surface area contributed by atoms with Gasteiger partial charge in [-0.25, -0.2) is 14.6 Å². The first-order valence-corrected chi connectivity index (χ1v) is 11.8. The number of nitrogens with one attached hydrogen (secondary N) is 3. The zero-order chi connectivity index (χ0) is 22.3. The standard InChI is InChI=1S/C23H34N4O5/c28-22(29)20(27-23(30)32-18-7-10-24-14-18)8-11-31-19-12-15(13-19)3-5-17-6-4-16-2-1-9-25-21(16)26-17/h4,6,15,18-20,24H,1-3,5,7-14H2,(H,25,26)(H,27,30)(H,28,29)/t15-,18-,19-,20?/m0/s1. The number of carbonyl (C=O) groups excluding carboxylic acids is 1. The average molecular weight is 447 g/mol. The summed E-state index contributed by atoms with van der Waals surface area (Å²) in [7, 11) is 0. The van der Waals surface area contributed by atoms with Crippen molar-refractivity contribution in [2.24, 2.45) is 5.92 Å². The third-order valence-corrected chi connectivity index (χ3v) is 6.59. The van der Waals surface area contributed by atoms with Crippen molar-refractivity contribution in [1.82, 2.24) is 15.6 Å². The number of ether oxygens (including phenoxy) is 2. The molecule has 176 valence electrons. The van der Waals surface area contributed by atoms with E-state index in [-0.39, 0.29) is 18.6 Å². The lowest BCUT2D eigenvalue weighted by atomic mass is 9.79. The van der Waals surface area contributed by atoms with Gasteiger partial charge in [0.1, 0.15) is 18.0 Å². The third-order valence-electron chi connectivity index (χ3n) is 6.59. The molecule has 32 heavy (non-hydrogen) atoms. The molecule has 0 radical (unpaired) electrons. The maximum atomic E-state index is 11.9. The van der Waals surface area contributed by atoms with Crippen molar-refractivity contribution in [2.75, 3.05) is 31.6 Å². The second-order valence-corrected chi connectivity index (χ2v) is 9.05. The molecule has 9 nitrogen and oxygen atoms in total. The Kier molecular flexibility index (Phi) is 7.81. The summed E-state index contributed by atoms with van der Waals surface area (Å²) < 4.78 is 11.1. The van der Waals surface area contributed by atoms with Crippen LogP contribution in [0.2, 0.25) is 0 Å². The number of carboxylic acids is 1. The predicted molar refractivity (Wildman–Crippen MR) is 119 cm³/mol. The number of fused-ring (bicyclic) bond motifs is 1. The largest absolute Gasteiger partial charge is 0.480 e. The van der Waals surface area contributed by atoms with E-state index in [4.69, 9.17) is 14.5 Å². The SMILES string of the molecule is O=C(NC(CCO[C@H]1C[C@H](CCc2ccc3c(n2)NCCC3)C1)C(=O)O)O[C@H]1CCNC1. The fourth-order valence-corrected chi connectivity index (χ4v) is 4.57. The molecule has 1 aliphatic carbocycles. The molecule has 1 amide bonds. The molecule has 2 aliphatic heterocycles. The number of rotatable bonds is 10. The highest BCUT2D eigenvalue weighted by atomic mass is 16.6. The first kappa shape index (κ1) is 22.8. The minimum Gasteiger partial charge on any atom is -0.480 e. The summed E-state index contributed by atoms with van der Waals surface area (Å²) in [6.07, 6.45) is 6.58. The highest BCUT2D eigenvalue weighted by Gasteiger charge is 2.30. The van der Waals surface area contributed by atoms with E-state index >= 15 is 0 Å². The van der Waals surface area contributed by atoms with Gasteiger partial charge in [-0.15, -0.1) is 0 Å². The van der Waals surface area contributed by atoms with E-state index in [1.165, 1.54) is 12.0 Å². The minimum absolute atomic E-state index is 0.170. The number of aryl methyl sites for hydroxylation is 2. The van der Waals surface area contributed by atoms with Gasteiger partial charge in [-0.3, -0.25) is 0 Å². The Morgan fingerprint density at radius 1 is 1.25 bits per heavy atom. The number of carbonyl (C=O) groups is 2. The minimum atomic E-state index is -1.08. The summed E-state index contributed by atoms with van der Waals surface area (Å²) in [6, 6.07) is 3.34. The van der Waals surface area contributed by atoms with Gasteiger partial charge in [0.15, 0.2) is 0 Å². The lowest BCUT2D eigenvalue weighted by molar-refractivity contribution is -0.140. The lowest BCUT2D eigenvalue weighted by Crippen LogP contribution is -2.43. The third kappa shape index (κ3) is 6.32. The molecule has 4 N–H and O–H groups in total. The Bertz CT molecular complexity index is 793. The highest BCUT2D eigenvalue weighted by molar-refractivity contribution is 5.79. The molecule has 0 spiro atoms. The van der Waals surface area contributed by atoms with Gasteiger partial charge in [0.2, 0.25) is 0 Å². The molecule has 0 bridgehead atoms. The van der Waals surface area contributed by atoms with Gasteiger partial charge in [0, 0.05) is 31.8 Å². The molecule has 4 rings (SSSR count). The van der Waals surface area contributed by atoms with Crippen LogP contribution in [0.25, 0.3) is 0 Å². The molecule has 3 aliphatic rings. The van der Waals surface area contributed by atoms with Crippen LogP contribution in [-0.4, -0.2) is 66.6 Å². The number of hydrogen-bond acceptors (Lipinski definition) is 7. The van der Waals surface area contributed by atoms with Gasteiger partial charge in [-0.05, 0) is 69.0 Å². The quantitative estimate of drug-likeness (QED) is 0.431. The van der Waals surface area contributed by atoms with E-state index in [1.54, 1.807) is 0 Å². The fourth-order valence-electron chi connectivity index (χ4n) is 4.57. The first-order chi connectivity index (χ1) is 15.6. The van der Waals surface area contributed by atoms with Crippen LogP contribution >= 0.6 is 0 Å². The smallest absolute Gasteiger partial charge is 0.408 e. The molecule has 1 saturated carbocycles. The van der Waals surface area contributed by atoms with Crippen LogP contribution in [0.5, 0.6) is 0 Å². The van der Waals surface area contributed by atoms with E-state index in [0.29, 0.717) is 19.1 Å². The normalized spacial score (nSPS) is 25.2. The van der Waals surface area contributed by atoms with Crippen molar-refractivity contribution in [2.45, 2.75) is 69.6 Å². The number of carboxylic acid groups (broad SMARTS) is 1. The molecule has 2 fully saturated rings. The van der Waals surface area contributed by atoms with Gasteiger partial charge < -0.3 is 30.5 Å². The van der Waals surface area contributed by atoms with Crippen LogP contribution in [0.3, 0.4) is 0 Å². The van der Waals surface area contributed by atoms with E-state index < -0.39 is 18.1 Å². The van der Waals surface area contributed by atoms with Gasteiger partial charge >= 0.3 is 12.1 Å². The van der Waals surface area contributed by atoms with Gasteiger partial charge in [0.25, 0.3) is 0 Å². The van der Waals surface area contributed by atoms with Crippen molar-refractivity contribution in [3.8, 4) is 0 Å². The number of hydrogen-bond donors (Lipinski definition) is 4. The summed E-state index contributed by atoms with van der Waals surface area (Å²) in [5.74, 6) is 0.594. The monoisotopic (exact) mass is 446 g/mol. The van der Waals surface area contributed by atoms with Crippen LogP contribution < -0.4 is 16.0 Å².